The van der Waals surface area contributed by atoms with E-state index in [1.807, 2.05) is 26.0 Å². The molecular formula is C17H15BrO4. The fraction of sp³-hybridized carbons (Fsp3) is 0.235. The summed E-state index contributed by atoms with van der Waals surface area (Å²) in [7, 11) is 1.29. The number of esters is 1. The third-order valence-corrected chi connectivity index (χ3v) is 4.95. The lowest BCUT2D eigenvalue weighted by Gasteiger charge is -2.33. The van der Waals surface area contributed by atoms with Crippen molar-refractivity contribution < 1.29 is 19.4 Å². The predicted molar refractivity (Wildman–Crippen MR) is 88.6 cm³/mol. The summed E-state index contributed by atoms with van der Waals surface area (Å²) in [5, 5.41) is 11.8. The number of aromatic hydroxyl groups is 1. The molecule has 0 saturated heterocycles. The maximum Gasteiger partial charge on any atom is 0.342 e. The smallest absolute Gasteiger partial charge is 0.342 e. The van der Waals surface area contributed by atoms with Crippen molar-refractivity contribution in [1.29, 1.82) is 0 Å². The molecule has 0 fully saturated rings. The van der Waals surface area contributed by atoms with E-state index in [0.717, 1.165) is 9.87 Å². The molecule has 0 aromatic heterocycles. The molecule has 4 nitrogen and oxygen atoms in total. The van der Waals surface area contributed by atoms with E-state index >= 15 is 0 Å². The minimum Gasteiger partial charge on any atom is -0.506 e. The minimum absolute atomic E-state index is 0.0962. The molecule has 5 heteroatoms. The second-order valence-electron chi connectivity index (χ2n) is 5.61. The summed E-state index contributed by atoms with van der Waals surface area (Å²) in [4.78, 5) is 12.1. The quantitative estimate of drug-likeness (QED) is 0.770. The predicted octanol–water partition coefficient (Wildman–Crippen LogP) is 4.24. The van der Waals surface area contributed by atoms with Crippen molar-refractivity contribution in [3.63, 3.8) is 0 Å². The summed E-state index contributed by atoms with van der Waals surface area (Å²) < 4.78 is 11.7. The second-order valence-corrected chi connectivity index (χ2v) is 6.46. The first-order chi connectivity index (χ1) is 10.4. The fourth-order valence-corrected chi connectivity index (χ4v) is 2.88. The Morgan fingerprint density at radius 3 is 2.55 bits per heavy atom. The van der Waals surface area contributed by atoms with Crippen molar-refractivity contribution in [1.82, 2.24) is 0 Å². The molecule has 0 unspecified atom stereocenters. The van der Waals surface area contributed by atoms with Gasteiger partial charge in [-0.15, -0.1) is 0 Å². The van der Waals surface area contributed by atoms with Crippen LogP contribution in [0.1, 0.15) is 29.8 Å². The minimum atomic E-state index is -0.598. The number of rotatable bonds is 1. The molecule has 3 rings (SSSR count). The molecule has 114 valence electrons. The van der Waals surface area contributed by atoms with Crippen LogP contribution in [0.4, 0.5) is 0 Å². The highest BCUT2D eigenvalue weighted by molar-refractivity contribution is 9.11. The average molecular weight is 363 g/mol. The van der Waals surface area contributed by atoms with Crippen molar-refractivity contribution in [2.75, 3.05) is 7.11 Å². The van der Waals surface area contributed by atoms with Gasteiger partial charge in [0.05, 0.1) is 7.11 Å². The van der Waals surface area contributed by atoms with Crippen molar-refractivity contribution in [3.05, 3.63) is 39.9 Å². The standard InChI is InChI=1S/C17H15BrO4/c1-17(2)12(18)8-11-13(16(20)21-3)14(19)9-6-4-5-7-10(9)15(11)22-17/h4-8,19H,1-3H3. The topological polar surface area (TPSA) is 55.8 Å². The van der Waals surface area contributed by atoms with Crippen LogP contribution in [0.2, 0.25) is 0 Å². The van der Waals surface area contributed by atoms with E-state index in [1.165, 1.54) is 7.11 Å². The molecule has 0 aliphatic carbocycles. The number of methoxy groups -OCH3 is 1. The van der Waals surface area contributed by atoms with Gasteiger partial charge in [0.2, 0.25) is 0 Å². The Morgan fingerprint density at radius 2 is 1.91 bits per heavy atom. The summed E-state index contributed by atoms with van der Waals surface area (Å²) in [5.74, 6) is -0.123. The Morgan fingerprint density at radius 1 is 1.27 bits per heavy atom. The van der Waals surface area contributed by atoms with Crippen LogP contribution in [-0.2, 0) is 4.74 Å². The van der Waals surface area contributed by atoms with Gasteiger partial charge in [-0.3, -0.25) is 0 Å². The molecule has 22 heavy (non-hydrogen) atoms. The van der Waals surface area contributed by atoms with Gasteiger partial charge < -0.3 is 14.6 Å². The van der Waals surface area contributed by atoms with Crippen molar-refractivity contribution in [2.45, 2.75) is 19.4 Å². The summed E-state index contributed by atoms with van der Waals surface area (Å²) in [6.07, 6.45) is 1.80. The molecule has 1 heterocycles. The molecule has 1 aliphatic rings. The Labute approximate surface area is 136 Å². The largest absolute Gasteiger partial charge is 0.506 e. The van der Waals surface area contributed by atoms with Crippen molar-refractivity contribution in [2.24, 2.45) is 0 Å². The van der Waals surface area contributed by atoms with Gasteiger partial charge in [-0.2, -0.15) is 0 Å². The van der Waals surface area contributed by atoms with Crippen LogP contribution in [0, 0.1) is 0 Å². The summed E-state index contributed by atoms with van der Waals surface area (Å²) in [6.45, 7) is 3.85. The third kappa shape index (κ3) is 2.08. The number of carbonyl (C=O) groups is 1. The van der Waals surface area contributed by atoms with Crippen molar-refractivity contribution in [3.8, 4) is 11.5 Å². The Balaban J connectivity index is 2.47. The number of ether oxygens (including phenoxy) is 2. The first-order valence-electron chi connectivity index (χ1n) is 6.79. The van der Waals surface area contributed by atoms with Gasteiger partial charge >= 0.3 is 5.97 Å². The number of phenols is 1. The maximum absolute atomic E-state index is 12.1. The van der Waals surface area contributed by atoms with Crippen LogP contribution in [-0.4, -0.2) is 23.8 Å². The number of hydrogen-bond donors (Lipinski definition) is 1. The van der Waals surface area contributed by atoms with Crippen LogP contribution in [0.3, 0.4) is 0 Å². The second kappa shape index (κ2) is 5.02. The first-order valence-corrected chi connectivity index (χ1v) is 7.59. The van der Waals surface area contributed by atoms with E-state index in [2.05, 4.69) is 15.9 Å². The van der Waals surface area contributed by atoms with E-state index in [9.17, 15) is 9.90 Å². The highest BCUT2D eigenvalue weighted by atomic mass is 79.9. The van der Waals surface area contributed by atoms with E-state index < -0.39 is 11.6 Å². The molecule has 0 atom stereocenters. The highest BCUT2D eigenvalue weighted by Crippen LogP contribution is 2.47. The number of benzene rings is 2. The molecule has 0 saturated carbocycles. The van der Waals surface area contributed by atoms with Gasteiger partial charge in [0.25, 0.3) is 0 Å². The molecule has 0 amide bonds. The summed E-state index contributed by atoms with van der Waals surface area (Å²) in [5.41, 5.74) is 0.0815. The summed E-state index contributed by atoms with van der Waals surface area (Å²) >= 11 is 3.48. The van der Waals surface area contributed by atoms with Gasteiger partial charge in [-0.05, 0) is 19.9 Å². The molecular weight excluding hydrogens is 348 g/mol. The fourth-order valence-electron chi connectivity index (χ4n) is 2.57. The SMILES string of the molecule is COC(=O)c1c2c(c3ccccc3c1O)OC(C)(C)C(Br)=C2. The van der Waals surface area contributed by atoms with Crippen LogP contribution in [0.15, 0.2) is 28.7 Å². The molecule has 2 aromatic carbocycles. The Kier molecular flexibility index (Phi) is 3.40. The monoisotopic (exact) mass is 362 g/mol. The van der Waals surface area contributed by atoms with E-state index in [-0.39, 0.29) is 11.3 Å². The summed E-state index contributed by atoms with van der Waals surface area (Å²) in [6, 6.07) is 7.28. The number of phenolic OH excluding ortho intramolecular Hbond substituents is 1. The average Bonchev–Trinajstić information content (AvgIpc) is 2.49. The lowest BCUT2D eigenvalue weighted by Crippen LogP contribution is -2.31. The molecule has 0 radical (unpaired) electrons. The van der Waals surface area contributed by atoms with Crippen molar-refractivity contribution >= 4 is 38.7 Å². The van der Waals surface area contributed by atoms with E-state index in [0.29, 0.717) is 16.7 Å². The zero-order valence-corrected chi connectivity index (χ0v) is 14.0. The van der Waals surface area contributed by atoms with E-state index in [4.69, 9.17) is 9.47 Å². The molecule has 1 N–H and O–H groups in total. The molecule has 0 spiro atoms. The lowest BCUT2D eigenvalue weighted by atomic mass is 9.93. The van der Waals surface area contributed by atoms with Crippen LogP contribution in [0.25, 0.3) is 16.8 Å². The van der Waals surface area contributed by atoms with Gasteiger partial charge in [-0.25, -0.2) is 4.79 Å². The zero-order chi connectivity index (χ0) is 16.1. The van der Waals surface area contributed by atoms with Gasteiger partial charge in [0.15, 0.2) is 0 Å². The highest BCUT2D eigenvalue weighted by Gasteiger charge is 2.34. The van der Waals surface area contributed by atoms with Crippen LogP contribution >= 0.6 is 15.9 Å². The van der Waals surface area contributed by atoms with Crippen LogP contribution in [0.5, 0.6) is 11.5 Å². The number of halogens is 1. The zero-order valence-electron chi connectivity index (χ0n) is 12.4. The molecule has 2 aromatic rings. The van der Waals surface area contributed by atoms with Gasteiger partial charge in [0, 0.05) is 20.8 Å². The number of hydrogen-bond acceptors (Lipinski definition) is 4. The maximum atomic E-state index is 12.1. The molecule has 0 bridgehead atoms. The van der Waals surface area contributed by atoms with E-state index in [1.54, 1.807) is 18.2 Å². The third-order valence-electron chi connectivity index (χ3n) is 3.77. The van der Waals surface area contributed by atoms with Crippen LogP contribution < -0.4 is 4.74 Å². The first kappa shape index (κ1) is 14.9. The normalized spacial score (nSPS) is 15.7. The number of carbonyl (C=O) groups excluding carboxylic acids is 1. The van der Waals surface area contributed by atoms with Gasteiger partial charge in [0.1, 0.15) is 22.7 Å². The number of fused-ring (bicyclic) bond motifs is 3. The lowest BCUT2D eigenvalue weighted by molar-refractivity contribution is 0.0595. The van der Waals surface area contributed by atoms with Gasteiger partial charge in [-0.1, -0.05) is 40.2 Å². The molecule has 1 aliphatic heterocycles. The Hall–Kier alpha value is -2.01. The Bertz CT molecular complexity index is 821.